The van der Waals surface area contributed by atoms with Gasteiger partial charge >= 0.3 is 0 Å². The van der Waals surface area contributed by atoms with E-state index in [9.17, 15) is 21.6 Å². The van der Waals surface area contributed by atoms with Crippen LogP contribution in [0.3, 0.4) is 0 Å². The fraction of sp³-hybridized carbons (Fsp3) is 0.579. The number of anilines is 1. The molecular formula is C19H26N4O5S2. The van der Waals surface area contributed by atoms with Crippen molar-refractivity contribution in [1.29, 1.82) is 0 Å². The van der Waals surface area contributed by atoms with Crippen molar-refractivity contribution in [3.63, 3.8) is 0 Å². The van der Waals surface area contributed by atoms with Gasteiger partial charge in [-0.05, 0) is 42.4 Å². The Kier molecular flexibility index (Phi) is 4.98. The summed E-state index contributed by atoms with van der Waals surface area (Å²) in [5, 5.41) is 4.04. The molecule has 0 saturated heterocycles. The maximum absolute atomic E-state index is 12.7. The third kappa shape index (κ3) is 3.63. The number of nitrogens with one attached hydrogen (secondary N) is 2. The molecule has 2 heterocycles. The molecule has 2 aromatic heterocycles. The van der Waals surface area contributed by atoms with Gasteiger partial charge in [0.25, 0.3) is 0 Å². The summed E-state index contributed by atoms with van der Waals surface area (Å²) in [6.45, 7) is 3.67. The summed E-state index contributed by atoms with van der Waals surface area (Å²) in [6, 6.07) is 4.95. The molecule has 2 fully saturated rings. The van der Waals surface area contributed by atoms with Gasteiger partial charge in [0, 0.05) is 30.8 Å². The van der Waals surface area contributed by atoms with E-state index in [1.54, 1.807) is 35.1 Å². The topological polar surface area (TPSA) is 127 Å². The Bertz CT molecular complexity index is 1200. The number of ketones is 1. The molecule has 2 aliphatic carbocycles. The van der Waals surface area contributed by atoms with Crippen molar-refractivity contribution >= 4 is 37.0 Å². The summed E-state index contributed by atoms with van der Waals surface area (Å²) < 4.78 is 56.5. The molecule has 2 N–H and O–H groups in total. The monoisotopic (exact) mass is 454 g/mol. The predicted octanol–water partition coefficient (Wildman–Crippen LogP) is 1.39. The van der Waals surface area contributed by atoms with E-state index in [0.717, 1.165) is 11.9 Å². The lowest BCUT2D eigenvalue weighted by atomic mass is 9.70. The number of hydrogen-bond donors (Lipinski definition) is 2. The summed E-state index contributed by atoms with van der Waals surface area (Å²) in [5.74, 6) is -0.464. The van der Waals surface area contributed by atoms with E-state index >= 15 is 0 Å². The van der Waals surface area contributed by atoms with Crippen LogP contribution in [0.4, 0.5) is 5.69 Å². The number of Topliss-reactive ketones (excluding diaryl/α,β-unsaturated/α-hetero) is 1. The van der Waals surface area contributed by atoms with E-state index in [1.807, 2.05) is 13.8 Å². The van der Waals surface area contributed by atoms with Crippen LogP contribution < -0.4 is 9.44 Å². The fourth-order valence-electron chi connectivity index (χ4n) is 5.03. The standard InChI is InChI=1S/C19H26N4O5S2/c1-18(2)14-3-6-19(18,17(24)11-14)13-30(27,28)21-8-10-29(25,26)22-15-5-9-23-16(12-15)4-7-20-23/h4-5,7,9,12,14,21-22H,3,6,8,10-11,13H2,1-2H3. The lowest BCUT2D eigenvalue weighted by Gasteiger charge is -2.36. The van der Waals surface area contributed by atoms with Crippen LogP contribution in [-0.4, -0.2) is 50.3 Å². The van der Waals surface area contributed by atoms with Crippen molar-refractivity contribution in [2.75, 3.05) is 22.8 Å². The van der Waals surface area contributed by atoms with Crippen LogP contribution in [0.2, 0.25) is 0 Å². The lowest BCUT2D eigenvalue weighted by Crippen LogP contribution is -2.46. The van der Waals surface area contributed by atoms with Crippen LogP contribution in [-0.2, 0) is 24.8 Å². The molecule has 2 saturated carbocycles. The van der Waals surface area contributed by atoms with Crippen molar-refractivity contribution in [2.24, 2.45) is 16.7 Å². The van der Waals surface area contributed by atoms with Gasteiger partial charge in [-0.1, -0.05) is 13.8 Å². The maximum Gasteiger partial charge on any atom is 0.234 e. The predicted molar refractivity (Wildman–Crippen MR) is 113 cm³/mol. The molecule has 2 unspecified atom stereocenters. The SMILES string of the molecule is CC1(C)C2CCC1(CS(=O)(=O)NCCS(=O)(=O)Nc1ccn3nccc3c1)C(=O)C2. The first-order valence-corrected chi connectivity index (χ1v) is 13.2. The Hall–Kier alpha value is -1.98. The van der Waals surface area contributed by atoms with Gasteiger partial charge in [-0.25, -0.2) is 26.1 Å². The number of carbonyl (C=O) groups excluding carboxylic acids is 1. The van der Waals surface area contributed by atoms with Crippen molar-refractivity contribution in [1.82, 2.24) is 14.3 Å². The van der Waals surface area contributed by atoms with Crippen LogP contribution in [0.15, 0.2) is 30.6 Å². The van der Waals surface area contributed by atoms with Crippen LogP contribution >= 0.6 is 0 Å². The number of rotatable bonds is 8. The molecule has 0 aliphatic heterocycles. The molecule has 2 aliphatic rings. The van der Waals surface area contributed by atoms with Crippen LogP contribution in [0, 0.1) is 16.7 Å². The molecule has 0 spiro atoms. The quantitative estimate of drug-likeness (QED) is 0.621. The minimum absolute atomic E-state index is 0.0127. The first-order valence-electron chi connectivity index (χ1n) is 9.89. The Balaban J connectivity index is 1.37. The highest BCUT2D eigenvalue weighted by atomic mass is 32.2. The molecule has 2 bridgehead atoms. The van der Waals surface area contributed by atoms with Crippen molar-refractivity contribution in [2.45, 2.75) is 33.1 Å². The molecule has 0 aromatic carbocycles. The van der Waals surface area contributed by atoms with E-state index in [1.165, 1.54) is 0 Å². The maximum atomic E-state index is 12.7. The van der Waals surface area contributed by atoms with E-state index in [-0.39, 0.29) is 29.4 Å². The Labute approximate surface area is 176 Å². The van der Waals surface area contributed by atoms with Crippen LogP contribution in [0.25, 0.3) is 5.52 Å². The largest absolute Gasteiger partial charge is 0.299 e. The minimum atomic E-state index is -3.80. The summed E-state index contributed by atoms with van der Waals surface area (Å²) in [5.41, 5.74) is -0.131. The number of hydrogen-bond acceptors (Lipinski definition) is 6. The molecule has 0 amide bonds. The Morgan fingerprint density at radius 2 is 1.97 bits per heavy atom. The summed E-state index contributed by atoms with van der Waals surface area (Å²) in [6.07, 6.45) is 5.09. The second kappa shape index (κ2) is 7.03. The highest BCUT2D eigenvalue weighted by molar-refractivity contribution is 7.92. The number of nitrogens with zero attached hydrogens (tertiary/aromatic N) is 2. The van der Waals surface area contributed by atoms with Gasteiger partial charge in [-0.3, -0.25) is 9.52 Å². The molecule has 30 heavy (non-hydrogen) atoms. The van der Waals surface area contributed by atoms with Gasteiger partial charge in [-0.2, -0.15) is 5.10 Å². The highest BCUT2D eigenvalue weighted by Crippen LogP contribution is 2.64. The average Bonchev–Trinajstić information content (AvgIpc) is 3.23. The van der Waals surface area contributed by atoms with E-state index in [2.05, 4.69) is 14.5 Å². The molecule has 9 nitrogen and oxygen atoms in total. The number of fused-ring (bicyclic) bond motifs is 3. The van der Waals surface area contributed by atoms with Crippen LogP contribution in [0.1, 0.15) is 33.1 Å². The summed E-state index contributed by atoms with van der Waals surface area (Å²) >= 11 is 0. The first kappa shape index (κ1) is 21.3. The van der Waals surface area contributed by atoms with Crippen molar-refractivity contribution in [3.05, 3.63) is 30.6 Å². The zero-order chi connectivity index (χ0) is 21.8. The second-order valence-corrected chi connectivity index (χ2v) is 12.5. The number of sulfonamides is 2. The number of pyridine rings is 1. The number of carbonyl (C=O) groups is 1. The summed E-state index contributed by atoms with van der Waals surface area (Å²) in [7, 11) is -7.56. The molecule has 2 atom stereocenters. The van der Waals surface area contributed by atoms with E-state index < -0.39 is 31.2 Å². The highest BCUT2D eigenvalue weighted by Gasteiger charge is 2.65. The minimum Gasteiger partial charge on any atom is -0.299 e. The van der Waals surface area contributed by atoms with Crippen LogP contribution in [0.5, 0.6) is 0 Å². The smallest absolute Gasteiger partial charge is 0.234 e. The molecular weight excluding hydrogens is 428 g/mol. The van der Waals surface area contributed by atoms with Gasteiger partial charge < -0.3 is 0 Å². The third-order valence-electron chi connectivity index (χ3n) is 6.94. The number of aromatic nitrogens is 2. The zero-order valence-electron chi connectivity index (χ0n) is 17.0. The second-order valence-electron chi connectivity index (χ2n) is 8.86. The van der Waals surface area contributed by atoms with Gasteiger partial charge in [-0.15, -0.1) is 0 Å². The van der Waals surface area contributed by atoms with Crippen molar-refractivity contribution in [3.8, 4) is 0 Å². The van der Waals surface area contributed by atoms with E-state index in [0.29, 0.717) is 18.5 Å². The van der Waals surface area contributed by atoms with E-state index in [4.69, 9.17) is 0 Å². The van der Waals surface area contributed by atoms with Gasteiger partial charge in [0.05, 0.1) is 22.7 Å². The molecule has 2 aromatic rings. The normalized spacial score (nSPS) is 25.8. The van der Waals surface area contributed by atoms with Gasteiger partial charge in [0.15, 0.2) is 0 Å². The van der Waals surface area contributed by atoms with Gasteiger partial charge in [0.2, 0.25) is 20.0 Å². The molecule has 164 valence electrons. The fourth-order valence-corrected chi connectivity index (χ4v) is 7.96. The van der Waals surface area contributed by atoms with Gasteiger partial charge in [0.1, 0.15) is 5.78 Å². The molecule has 0 radical (unpaired) electrons. The Morgan fingerprint density at radius 1 is 1.20 bits per heavy atom. The lowest BCUT2D eigenvalue weighted by molar-refractivity contribution is -0.128. The first-order chi connectivity index (χ1) is 13.9. The molecule has 11 heteroatoms. The zero-order valence-corrected chi connectivity index (χ0v) is 18.6. The van der Waals surface area contributed by atoms with Crippen molar-refractivity contribution < 1.29 is 21.6 Å². The third-order valence-corrected chi connectivity index (χ3v) is 9.75. The Morgan fingerprint density at radius 3 is 2.63 bits per heavy atom. The molecule has 4 rings (SSSR count). The average molecular weight is 455 g/mol. The summed E-state index contributed by atoms with van der Waals surface area (Å²) in [4.78, 5) is 12.6.